The van der Waals surface area contributed by atoms with Gasteiger partial charge in [0.1, 0.15) is 12.2 Å². The van der Waals surface area contributed by atoms with Crippen molar-refractivity contribution < 1.29 is 22.7 Å². The lowest BCUT2D eigenvalue weighted by atomic mass is 10.0. The third kappa shape index (κ3) is 6.17. The molecule has 266 valence electrons. The largest absolute Gasteiger partial charge is 0.446 e. The normalized spacial score (nSPS) is 15.9. The van der Waals surface area contributed by atoms with Gasteiger partial charge in [-0.15, -0.1) is 10.2 Å². The predicted molar refractivity (Wildman–Crippen MR) is 190 cm³/mol. The van der Waals surface area contributed by atoms with Gasteiger partial charge in [0.05, 0.1) is 22.5 Å². The highest BCUT2D eigenvalue weighted by atomic mass is 35.5. The zero-order chi connectivity index (χ0) is 37.1. The van der Waals surface area contributed by atoms with Crippen LogP contribution in [0.4, 0.5) is 13.2 Å². The van der Waals surface area contributed by atoms with Crippen molar-refractivity contribution in [3.63, 3.8) is 0 Å². The average Bonchev–Trinajstić information content (AvgIpc) is 3.93. The quantitative estimate of drug-likeness (QED) is 0.162. The van der Waals surface area contributed by atoms with Crippen LogP contribution in [0.2, 0.25) is 10.0 Å². The monoisotopic (exact) mass is 756 g/mol. The van der Waals surface area contributed by atoms with Gasteiger partial charge in [-0.05, 0) is 77.2 Å². The van der Waals surface area contributed by atoms with E-state index in [-0.39, 0.29) is 24.2 Å². The number of halogens is 5. The summed E-state index contributed by atoms with van der Waals surface area (Å²) in [6, 6.07) is 20.5. The number of ether oxygens (including phenoxy) is 1. The van der Waals surface area contributed by atoms with E-state index in [1.165, 1.54) is 28.7 Å². The van der Waals surface area contributed by atoms with E-state index in [4.69, 9.17) is 33.0 Å². The highest BCUT2D eigenvalue weighted by molar-refractivity contribution is 6.31. The number of hydrazone groups is 1. The molecule has 3 aromatic carbocycles. The van der Waals surface area contributed by atoms with Crippen LogP contribution in [-0.4, -0.2) is 56.4 Å². The fourth-order valence-corrected chi connectivity index (χ4v) is 6.59. The van der Waals surface area contributed by atoms with E-state index in [9.17, 15) is 18.0 Å². The van der Waals surface area contributed by atoms with Crippen LogP contribution in [0.25, 0.3) is 44.9 Å². The Bertz CT molecular complexity index is 2530. The first kappa shape index (κ1) is 34.0. The summed E-state index contributed by atoms with van der Waals surface area (Å²) in [6.07, 6.45) is 2.33. The number of amides is 1. The number of fused-ring (bicyclic) bond motifs is 1. The molecule has 1 unspecified atom stereocenters. The van der Waals surface area contributed by atoms with Gasteiger partial charge in [0.15, 0.2) is 5.82 Å². The fraction of sp³-hybridized carbons (Fsp3) is 0.139. The van der Waals surface area contributed by atoms with Crippen molar-refractivity contribution in [3.8, 4) is 34.0 Å². The number of pyridine rings is 1. The molecule has 0 radical (unpaired) electrons. The third-order valence-electron chi connectivity index (χ3n) is 8.81. The highest BCUT2D eigenvalue weighted by Gasteiger charge is 2.44. The van der Waals surface area contributed by atoms with Crippen molar-refractivity contribution in [1.29, 1.82) is 0 Å². The Balaban J connectivity index is 1.25. The van der Waals surface area contributed by atoms with Crippen LogP contribution in [0.3, 0.4) is 0 Å². The number of alkyl halides is 3. The minimum atomic E-state index is -4.51. The summed E-state index contributed by atoms with van der Waals surface area (Å²) < 4.78 is 51.4. The SMILES string of the molecule is CC(=O)N1N=C(Cn2cc(-c3nn(-c4ccncc4)cc3-c3nnnn3-c3ccc(C(F)(F)F)cc3)c3cc(Cl)ccc32)OC1(C)c1ccc(Cl)cc1. The minimum Gasteiger partial charge on any atom is -0.446 e. The first-order chi connectivity index (χ1) is 25.4. The molecule has 1 amide bonds. The van der Waals surface area contributed by atoms with E-state index in [0.29, 0.717) is 43.8 Å². The van der Waals surface area contributed by atoms with E-state index in [0.717, 1.165) is 23.0 Å². The average molecular weight is 758 g/mol. The topological polar surface area (TPSA) is 121 Å². The molecule has 7 aromatic rings. The fourth-order valence-electron chi connectivity index (χ4n) is 6.30. The number of tetrazole rings is 1. The molecule has 1 atom stereocenters. The summed E-state index contributed by atoms with van der Waals surface area (Å²) in [5.41, 5.74) is 1.93. The Kier molecular flexibility index (Phi) is 8.26. The Hall–Kier alpha value is -6.06. The molecule has 1 aliphatic rings. The van der Waals surface area contributed by atoms with Crippen LogP contribution < -0.4 is 0 Å². The highest BCUT2D eigenvalue weighted by Crippen LogP contribution is 2.40. The molecule has 0 fully saturated rings. The van der Waals surface area contributed by atoms with E-state index < -0.39 is 17.5 Å². The number of benzene rings is 3. The Labute approximate surface area is 308 Å². The third-order valence-corrected chi connectivity index (χ3v) is 9.29. The van der Waals surface area contributed by atoms with Crippen LogP contribution in [0.15, 0.2) is 109 Å². The molecule has 17 heteroatoms. The van der Waals surface area contributed by atoms with Crippen molar-refractivity contribution in [2.24, 2.45) is 5.10 Å². The van der Waals surface area contributed by atoms with Gasteiger partial charge < -0.3 is 9.30 Å². The summed E-state index contributed by atoms with van der Waals surface area (Å²) in [4.78, 5) is 16.9. The molecule has 5 heterocycles. The lowest BCUT2D eigenvalue weighted by molar-refractivity contribution is -0.146. The maximum atomic E-state index is 13.4. The smallest absolute Gasteiger partial charge is 0.416 e. The minimum absolute atomic E-state index is 0.120. The number of hydrogen-bond donors (Lipinski definition) is 0. The number of rotatable bonds is 7. The first-order valence-electron chi connectivity index (χ1n) is 16.0. The molecular formula is C36H25Cl2F3N10O2. The standard InChI is InChI=1S/C36H25Cl2F3N10O2/c1-21(52)51-35(2,22-3-7-24(37)8-4-22)53-32(44-51)20-48-18-29(28-17-25(38)9-12-31(28)48)33-30(19-49(45-33)26-13-15-42-16-14-26)34-43-46-47-50(34)27-10-5-23(6-11-27)36(39,40)41/h3-19H,20H2,1-2H3. The second-order valence-electron chi connectivity index (χ2n) is 12.2. The van der Waals surface area contributed by atoms with E-state index in [2.05, 4.69) is 25.6 Å². The number of carbonyl (C=O) groups excluding carboxylic acids is 1. The number of hydrogen-bond acceptors (Lipinski definition) is 8. The molecule has 8 rings (SSSR count). The summed E-state index contributed by atoms with van der Waals surface area (Å²) in [6.45, 7) is 3.29. The van der Waals surface area contributed by atoms with Crippen molar-refractivity contribution in [2.45, 2.75) is 32.3 Å². The molecule has 0 saturated carbocycles. The van der Waals surface area contributed by atoms with Gasteiger partial charge in [0, 0.05) is 70.7 Å². The molecule has 53 heavy (non-hydrogen) atoms. The molecular weight excluding hydrogens is 732 g/mol. The van der Waals surface area contributed by atoms with Crippen molar-refractivity contribution in [1.82, 2.24) is 44.5 Å². The molecule has 0 spiro atoms. The van der Waals surface area contributed by atoms with E-state index in [1.807, 2.05) is 16.8 Å². The second-order valence-corrected chi connectivity index (χ2v) is 13.1. The second kappa shape index (κ2) is 12.9. The van der Waals surface area contributed by atoms with Crippen LogP contribution >= 0.6 is 23.2 Å². The van der Waals surface area contributed by atoms with Crippen LogP contribution in [0.1, 0.15) is 25.0 Å². The number of nitrogens with zero attached hydrogens (tertiary/aromatic N) is 10. The molecule has 1 aliphatic heterocycles. The molecule has 4 aromatic heterocycles. The summed E-state index contributed by atoms with van der Waals surface area (Å²) in [5, 5.41) is 24.8. The van der Waals surface area contributed by atoms with Crippen molar-refractivity contribution in [3.05, 3.63) is 125 Å². The maximum Gasteiger partial charge on any atom is 0.416 e. The van der Waals surface area contributed by atoms with Gasteiger partial charge in [-0.25, -0.2) is 4.68 Å². The Morgan fingerprint density at radius 1 is 0.887 bits per heavy atom. The molecule has 0 N–H and O–H groups in total. The lowest BCUT2D eigenvalue weighted by Gasteiger charge is -2.31. The van der Waals surface area contributed by atoms with Crippen molar-refractivity contribution >= 4 is 45.9 Å². The summed E-state index contributed by atoms with van der Waals surface area (Å²) >= 11 is 12.7. The van der Waals surface area contributed by atoms with Gasteiger partial charge in [0.2, 0.25) is 17.5 Å². The van der Waals surface area contributed by atoms with Gasteiger partial charge in [-0.3, -0.25) is 9.78 Å². The van der Waals surface area contributed by atoms with Crippen molar-refractivity contribution in [2.75, 3.05) is 0 Å². The van der Waals surface area contributed by atoms with Crippen LogP contribution in [0.5, 0.6) is 0 Å². The van der Waals surface area contributed by atoms with Gasteiger partial charge in [-0.2, -0.15) is 28.0 Å². The number of carbonyl (C=O) groups is 1. The van der Waals surface area contributed by atoms with Crippen LogP contribution in [0, 0.1) is 0 Å². The Morgan fingerprint density at radius 2 is 1.60 bits per heavy atom. The maximum absolute atomic E-state index is 13.4. The van der Waals surface area contributed by atoms with Crippen LogP contribution in [-0.2, 0) is 28.0 Å². The summed E-state index contributed by atoms with van der Waals surface area (Å²) in [7, 11) is 0. The zero-order valence-electron chi connectivity index (χ0n) is 27.7. The molecule has 0 saturated heterocycles. The summed E-state index contributed by atoms with van der Waals surface area (Å²) in [5.74, 6) is 0.173. The molecule has 12 nitrogen and oxygen atoms in total. The molecule has 0 aliphatic carbocycles. The lowest BCUT2D eigenvalue weighted by Crippen LogP contribution is -2.41. The molecule has 0 bridgehead atoms. The Morgan fingerprint density at radius 3 is 2.30 bits per heavy atom. The number of aromatic nitrogens is 8. The van der Waals surface area contributed by atoms with E-state index in [1.54, 1.807) is 78.7 Å². The van der Waals surface area contributed by atoms with Gasteiger partial charge >= 0.3 is 6.18 Å². The van der Waals surface area contributed by atoms with E-state index >= 15 is 0 Å². The van der Waals surface area contributed by atoms with Gasteiger partial charge in [0.25, 0.3) is 0 Å². The van der Waals surface area contributed by atoms with Gasteiger partial charge in [-0.1, -0.05) is 35.3 Å². The predicted octanol–water partition coefficient (Wildman–Crippen LogP) is 7.92. The first-order valence-corrected chi connectivity index (χ1v) is 16.7. The zero-order valence-corrected chi connectivity index (χ0v) is 29.2.